The zero-order chi connectivity index (χ0) is 13.7. The van der Waals surface area contributed by atoms with Gasteiger partial charge < -0.3 is 0 Å². The molecule has 2 aliphatic rings. The van der Waals surface area contributed by atoms with Crippen molar-refractivity contribution in [3.8, 4) is 0 Å². The van der Waals surface area contributed by atoms with E-state index in [4.69, 9.17) is 16.4 Å². The number of benzene rings is 1. The minimum atomic E-state index is -0.705. The third-order valence-electron chi connectivity index (χ3n) is 3.74. The molecule has 2 fully saturated rings. The Kier molecular flexibility index (Phi) is 2.85. The number of likely N-dealkylation sites (tertiary alicyclic amines) is 1. The summed E-state index contributed by atoms with van der Waals surface area (Å²) in [5.74, 6) is -0.957. The smallest absolute Gasteiger partial charge is 0.261 e. The summed E-state index contributed by atoms with van der Waals surface area (Å²) in [6, 6.07) is 6.98. The Hall–Kier alpha value is -1.43. The van der Waals surface area contributed by atoms with Crippen molar-refractivity contribution < 1.29 is 14.4 Å². The molecule has 3 atom stereocenters. The number of fused-ring (bicyclic) bond motifs is 1. The van der Waals surface area contributed by atoms with Gasteiger partial charge in [0.2, 0.25) is 5.91 Å². The maximum absolute atomic E-state index is 12.2. The monoisotopic (exact) mass is 280 g/mol. The van der Waals surface area contributed by atoms with E-state index in [-0.39, 0.29) is 17.9 Å². The number of imide groups is 1. The summed E-state index contributed by atoms with van der Waals surface area (Å²) >= 11 is 5.87. The number of carbonyl (C=O) groups excluding carboxylic acids is 2. The van der Waals surface area contributed by atoms with Crippen LogP contribution in [0.15, 0.2) is 24.3 Å². The van der Waals surface area contributed by atoms with E-state index in [1.165, 1.54) is 7.05 Å². The molecule has 2 aliphatic heterocycles. The lowest BCUT2D eigenvalue weighted by molar-refractivity contribution is -0.168. The molecule has 0 N–H and O–H groups in total. The molecule has 1 aromatic carbocycles. The average Bonchev–Trinajstić information content (AvgIpc) is 2.83. The van der Waals surface area contributed by atoms with E-state index >= 15 is 0 Å². The minimum absolute atomic E-state index is 0.195. The van der Waals surface area contributed by atoms with Crippen molar-refractivity contribution in [3.63, 3.8) is 0 Å². The number of hydrogen-bond donors (Lipinski definition) is 0. The molecule has 19 heavy (non-hydrogen) atoms. The summed E-state index contributed by atoms with van der Waals surface area (Å²) in [6.07, 6.45) is -0.705. The van der Waals surface area contributed by atoms with Crippen LogP contribution in [0.3, 0.4) is 0 Å². The van der Waals surface area contributed by atoms with Crippen LogP contribution in [-0.4, -0.2) is 42.0 Å². The molecule has 2 heterocycles. The molecule has 0 saturated carbocycles. The predicted molar refractivity (Wildman–Crippen MR) is 68.1 cm³/mol. The Morgan fingerprint density at radius 1 is 1.11 bits per heavy atom. The lowest BCUT2D eigenvalue weighted by atomic mass is 9.91. The molecule has 0 bridgehead atoms. The minimum Gasteiger partial charge on any atom is -0.284 e. The lowest BCUT2D eigenvalue weighted by Crippen LogP contribution is -2.33. The second kappa shape index (κ2) is 4.30. The number of likely N-dealkylation sites (N-methyl/N-ethyl adjacent to an activating group) is 1. The van der Waals surface area contributed by atoms with E-state index in [9.17, 15) is 9.59 Å². The van der Waals surface area contributed by atoms with Crippen molar-refractivity contribution >= 4 is 23.4 Å². The van der Waals surface area contributed by atoms with Gasteiger partial charge >= 0.3 is 0 Å². The highest BCUT2D eigenvalue weighted by Crippen LogP contribution is 2.43. The van der Waals surface area contributed by atoms with E-state index in [0.717, 1.165) is 10.5 Å². The first-order chi connectivity index (χ1) is 9.00. The maximum atomic E-state index is 12.2. The van der Waals surface area contributed by atoms with E-state index < -0.39 is 12.0 Å². The molecule has 2 amide bonds. The van der Waals surface area contributed by atoms with Crippen LogP contribution in [0.25, 0.3) is 0 Å². The van der Waals surface area contributed by atoms with Crippen LogP contribution in [0.4, 0.5) is 0 Å². The van der Waals surface area contributed by atoms with Crippen molar-refractivity contribution in [2.45, 2.75) is 12.1 Å². The molecular weight excluding hydrogens is 268 g/mol. The first-order valence-electron chi connectivity index (χ1n) is 5.97. The van der Waals surface area contributed by atoms with Crippen molar-refractivity contribution in [2.75, 3.05) is 14.1 Å². The van der Waals surface area contributed by atoms with Crippen molar-refractivity contribution in [1.82, 2.24) is 9.96 Å². The first-order valence-corrected chi connectivity index (χ1v) is 6.35. The molecule has 2 saturated heterocycles. The van der Waals surface area contributed by atoms with Crippen LogP contribution >= 0.6 is 11.6 Å². The SMILES string of the molecule is CN1C(=O)[C@@H]2[C@@H](ON(C)[C@H]2c2ccc(Cl)cc2)C1=O. The van der Waals surface area contributed by atoms with Gasteiger partial charge in [0.15, 0.2) is 6.10 Å². The topological polar surface area (TPSA) is 49.9 Å². The summed E-state index contributed by atoms with van der Waals surface area (Å²) < 4.78 is 0. The van der Waals surface area contributed by atoms with Gasteiger partial charge in [0, 0.05) is 19.1 Å². The van der Waals surface area contributed by atoms with E-state index in [0.29, 0.717) is 5.02 Å². The Morgan fingerprint density at radius 2 is 1.74 bits per heavy atom. The number of halogens is 1. The van der Waals surface area contributed by atoms with E-state index in [2.05, 4.69) is 0 Å². The third-order valence-corrected chi connectivity index (χ3v) is 3.99. The highest BCUT2D eigenvalue weighted by Gasteiger charge is 2.57. The molecule has 1 aromatic rings. The number of carbonyl (C=O) groups is 2. The molecule has 5 nitrogen and oxygen atoms in total. The van der Waals surface area contributed by atoms with Gasteiger partial charge in [-0.3, -0.25) is 19.3 Å². The van der Waals surface area contributed by atoms with Crippen LogP contribution in [-0.2, 0) is 14.4 Å². The Bertz CT molecular complexity index is 545. The average molecular weight is 281 g/mol. The standard InChI is InChI=1S/C13H13ClN2O3/c1-15-12(17)9-10(7-3-5-8(14)6-4-7)16(2)19-11(9)13(15)18/h3-6,9-11H,1-2H3/t9-,10-,11+/m0/s1. The van der Waals surface area contributed by atoms with Gasteiger partial charge in [0.1, 0.15) is 0 Å². The van der Waals surface area contributed by atoms with Gasteiger partial charge in [-0.2, -0.15) is 5.06 Å². The molecule has 0 radical (unpaired) electrons. The van der Waals surface area contributed by atoms with Gasteiger partial charge in [-0.15, -0.1) is 0 Å². The largest absolute Gasteiger partial charge is 0.284 e. The van der Waals surface area contributed by atoms with Gasteiger partial charge in [-0.25, -0.2) is 0 Å². The summed E-state index contributed by atoms with van der Waals surface area (Å²) in [5, 5.41) is 2.22. The Morgan fingerprint density at radius 3 is 2.37 bits per heavy atom. The number of hydrogen-bond acceptors (Lipinski definition) is 4. The highest BCUT2D eigenvalue weighted by molar-refractivity contribution is 6.30. The first kappa shape index (κ1) is 12.6. The van der Waals surface area contributed by atoms with Crippen molar-refractivity contribution in [2.24, 2.45) is 5.92 Å². The fourth-order valence-corrected chi connectivity index (χ4v) is 2.89. The molecule has 3 rings (SSSR count). The molecule has 6 heteroatoms. The molecular formula is C13H13ClN2O3. The number of amides is 2. The summed E-state index contributed by atoms with van der Waals surface area (Å²) in [5.41, 5.74) is 0.913. The van der Waals surface area contributed by atoms with Gasteiger partial charge in [-0.1, -0.05) is 23.7 Å². The quantitative estimate of drug-likeness (QED) is 0.727. The summed E-state index contributed by atoms with van der Waals surface area (Å²) in [4.78, 5) is 30.7. The summed E-state index contributed by atoms with van der Waals surface area (Å²) in [6.45, 7) is 0. The lowest BCUT2D eigenvalue weighted by Gasteiger charge is -2.22. The van der Waals surface area contributed by atoms with Crippen molar-refractivity contribution in [1.29, 1.82) is 0 Å². The van der Waals surface area contributed by atoms with Gasteiger partial charge in [0.25, 0.3) is 5.91 Å². The molecule has 0 unspecified atom stereocenters. The molecule has 0 aliphatic carbocycles. The zero-order valence-corrected chi connectivity index (χ0v) is 11.3. The predicted octanol–water partition coefficient (Wildman–Crippen LogP) is 1.24. The van der Waals surface area contributed by atoms with E-state index in [1.807, 2.05) is 12.1 Å². The number of hydroxylamine groups is 2. The fraction of sp³-hybridized carbons (Fsp3) is 0.385. The van der Waals surface area contributed by atoms with Crippen LogP contribution in [0.1, 0.15) is 11.6 Å². The number of rotatable bonds is 1. The third kappa shape index (κ3) is 1.77. The van der Waals surface area contributed by atoms with Crippen LogP contribution in [0.5, 0.6) is 0 Å². The van der Waals surface area contributed by atoms with Crippen LogP contribution in [0, 0.1) is 5.92 Å². The Labute approximate surface area is 115 Å². The van der Waals surface area contributed by atoms with E-state index in [1.54, 1.807) is 24.2 Å². The molecule has 0 aromatic heterocycles. The summed E-state index contributed by atoms with van der Waals surface area (Å²) in [7, 11) is 3.23. The van der Waals surface area contributed by atoms with Crippen molar-refractivity contribution in [3.05, 3.63) is 34.9 Å². The molecule has 0 spiro atoms. The number of nitrogens with zero attached hydrogens (tertiary/aromatic N) is 2. The van der Waals surface area contributed by atoms with Gasteiger partial charge in [-0.05, 0) is 17.7 Å². The van der Waals surface area contributed by atoms with Crippen LogP contribution < -0.4 is 0 Å². The van der Waals surface area contributed by atoms with Crippen LogP contribution in [0.2, 0.25) is 5.02 Å². The molecule has 100 valence electrons. The second-order valence-corrected chi connectivity index (χ2v) is 5.27. The fourth-order valence-electron chi connectivity index (χ4n) is 2.77. The highest BCUT2D eigenvalue weighted by atomic mass is 35.5. The maximum Gasteiger partial charge on any atom is 0.261 e. The second-order valence-electron chi connectivity index (χ2n) is 4.83. The Balaban J connectivity index is 2.00. The van der Waals surface area contributed by atoms with Gasteiger partial charge in [0.05, 0.1) is 12.0 Å². The zero-order valence-electron chi connectivity index (χ0n) is 10.5. The normalized spacial score (nSPS) is 31.1.